The molecule has 2 saturated carbocycles. The van der Waals surface area contributed by atoms with Crippen LogP contribution in [0, 0.1) is 35.3 Å². The number of allylic oxidation sites excluding steroid dienone is 1. The average Bonchev–Trinajstić information content (AvgIpc) is 2.68. The first-order chi connectivity index (χ1) is 13.1. The van der Waals surface area contributed by atoms with Crippen molar-refractivity contribution in [3.05, 3.63) is 42.0 Å². The molecule has 27 heavy (non-hydrogen) atoms. The van der Waals surface area contributed by atoms with Gasteiger partial charge in [0.2, 0.25) is 5.82 Å². The summed E-state index contributed by atoms with van der Waals surface area (Å²) in [4.78, 5) is 0. The average molecular weight is 377 g/mol. The SMILES string of the molecule is C=CCCc1ccc(OCC2CCC3CC(CCC)CCC3C2)c(F)c1F. The molecule has 3 heteroatoms. The zero-order chi connectivity index (χ0) is 19.2. The molecule has 1 aromatic rings. The van der Waals surface area contributed by atoms with E-state index in [0.717, 1.165) is 24.2 Å². The molecular weight excluding hydrogens is 342 g/mol. The van der Waals surface area contributed by atoms with Crippen LogP contribution in [0.1, 0.15) is 70.3 Å². The van der Waals surface area contributed by atoms with Gasteiger partial charge >= 0.3 is 0 Å². The Balaban J connectivity index is 1.51. The molecular formula is C24H34F2O. The van der Waals surface area contributed by atoms with Crippen LogP contribution in [0.15, 0.2) is 24.8 Å². The molecule has 0 aromatic heterocycles. The van der Waals surface area contributed by atoms with E-state index < -0.39 is 11.6 Å². The second kappa shape index (κ2) is 9.71. The van der Waals surface area contributed by atoms with Crippen LogP contribution in [-0.4, -0.2) is 6.61 Å². The molecule has 2 aliphatic carbocycles. The Labute approximate surface area is 163 Å². The molecule has 1 nitrogen and oxygen atoms in total. The third-order valence-electron chi connectivity index (χ3n) is 6.75. The van der Waals surface area contributed by atoms with Crippen LogP contribution < -0.4 is 4.74 Å². The molecule has 0 amide bonds. The van der Waals surface area contributed by atoms with Gasteiger partial charge in [-0.05, 0) is 80.2 Å². The molecule has 2 aliphatic rings. The van der Waals surface area contributed by atoms with Crippen LogP contribution in [0.2, 0.25) is 0 Å². The molecule has 0 aliphatic heterocycles. The van der Waals surface area contributed by atoms with Crippen molar-refractivity contribution in [3.63, 3.8) is 0 Å². The number of rotatable bonds is 8. The van der Waals surface area contributed by atoms with Gasteiger partial charge in [0, 0.05) is 0 Å². The van der Waals surface area contributed by atoms with E-state index in [2.05, 4.69) is 13.5 Å². The summed E-state index contributed by atoms with van der Waals surface area (Å²) < 4.78 is 34.2. The van der Waals surface area contributed by atoms with Crippen molar-refractivity contribution in [2.75, 3.05) is 6.61 Å². The number of hydrogen-bond donors (Lipinski definition) is 0. The summed E-state index contributed by atoms with van der Waals surface area (Å²) >= 11 is 0. The Hall–Kier alpha value is -1.38. The highest BCUT2D eigenvalue weighted by molar-refractivity contribution is 5.31. The predicted octanol–water partition coefficient (Wildman–Crippen LogP) is 7.09. The van der Waals surface area contributed by atoms with Crippen molar-refractivity contribution in [2.24, 2.45) is 23.7 Å². The van der Waals surface area contributed by atoms with Crippen LogP contribution >= 0.6 is 0 Å². The lowest BCUT2D eigenvalue weighted by atomic mass is 9.64. The zero-order valence-corrected chi connectivity index (χ0v) is 16.7. The second-order valence-corrected chi connectivity index (χ2v) is 8.66. The van der Waals surface area contributed by atoms with Crippen molar-refractivity contribution >= 4 is 0 Å². The highest BCUT2D eigenvalue weighted by Gasteiger charge is 2.35. The summed E-state index contributed by atoms with van der Waals surface area (Å²) in [6.07, 6.45) is 13.2. The minimum absolute atomic E-state index is 0.0589. The monoisotopic (exact) mass is 376 g/mol. The number of ether oxygens (including phenoxy) is 1. The van der Waals surface area contributed by atoms with E-state index in [1.807, 2.05) is 0 Å². The molecule has 0 N–H and O–H groups in total. The van der Waals surface area contributed by atoms with Gasteiger partial charge in [0.25, 0.3) is 0 Å². The summed E-state index contributed by atoms with van der Waals surface area (Å²) in [5.74, 6) is 1.53. The fourth-order valence-electron chi connectivity index (χ4n) is 5.25. The van der Waals surface area contributed by atoms with Crippen LogP contribution in [0.25, 0.3) is 0 Å². The molecule has 4 atom stereocenters. The van der Waals surface area contributed by atoms with Gasteiger partial charge in [-0.15, -0.1) is 6.58 Å². The minimum Gasteiger partial charge on any atom is -0.490 e. The fourth-order valence-corrected chi connectivity index (χ4v) is 5.25. The first-order valence-electron chi connectivity index (χ1n) is 10.8. The van der Waals surface area contributed by atoms with Crippen molar-refractivity contribution in [1.82, 2.24) is 0 Å². The zero-order valence-electron chi connectivity index (χ0n) is 16.7. The molecule has 2 fully saturated rings. The van der Waals surface area contributed by atoms with E-state index in [-0.39, 0.29) is 5.75 Å². The predicted molar refractivity (Wildman–Crippen MR) is 107 cm³/mol. The highest BCUT2D eigenvalue weighted by Crippen LogP contribution is 2.45. The van der Waals surface area contributed by atoms with Crippen molar-refractivity contribution < 1.29 is 13.5 Å². The third kappa shape index (κ3) is 5.12. The van der Waals surface area contributed by atoms with Crippen molar-refractivity contribution in [1.29, 1.82) is 0 Å². The lowest BCUT2D eigenvalue weighted by Crippen LogP contribution is -2.33. The van der Waals surface area contributed by atoms with E-state index in [0.29, 0.717) is 30.9 Å². The molecule has 1 aromatic carbocycles. The maximum atomic E-state index is 14.3. The summed E-state index contributed by atoms with van der Waals surface area (Å²) in [6, 6.07) is 3.22. The molecule has 150 valence electrons. The van der Waals surface area contributed by atoms with Gasteiger partial charge in [0.15, 0.2) is 11.6 Å². The van der Waals surface area contributed by atoms with Crippen LogP contribution in [0.3, 0.4) is 0 Å². The maximum absolute atomic E-state index is 14.3. The smallest absolute Gasteiger partial charge is 0.200 e. The molecule has 0 radical (unpaired) electrons. The molecule has 4 unspecified atom stereocenters. The maximum Gasteiger partial charge on any atom is 0.200 e. The van der Waals surface area contributed by atoms with Gasteiger partial charge in [-0.3, -0.25) is 0 Å². The third-order valence-corrected chi connectivity index (χ3v) is 6.75. The summed E-state index contributed by atoms with van der Waals surface area (Å²) in [5, 5.41) is 0. The quantitative estimate of drug-likeness (QED) is 0.440. The second-order valence-electron chi connectivity index (χ2n) is 8.66. The van der Waals surface area contributed by atoms with Crippen LogP contribution in [-0.2, 0) is 6.42 Å². The van der Waals surface area contributed by atoms with Crippen LogP contribution in [0.4, 0.5) is 8.78 Å². The standard InChI is InChI=1S/C24H34F2O/c1-3-5-7-19-12-13-22(24(26)23(19)25)27-16-18-9-11-20-14-17(6-4-2)8-10-21(20)15-18/h3,12-13,17-18,20-21H,1,4-11,14-16H2,2H3. The van der Waals surface area contributed by atoms with Gasteiger partial charge in [-0.2, -0.15) is 4.39 Å². The molecule has 0 saturated heterocycles. The number of fused-ring (bicyclic) bond motifs is 1. The van der Waals surface area contributed by atoms with E-state index in [4.69, 9.17) is 4.74 Å². The van der Waals surface area contributed by atoms with Gasteiger partial charge in [-0.1, -0.05) is 38.3 Å². The summed E-state index contributed by atoms with van der Waals surface area (Å²) in [5.41, 5.74) is 0.393. The lowest BCUT2D eigenvalue weighted by molar-refractivity contribution is 0.0739. The van der Waals surface area contributed by atoms with Crippen molar-refractivity contribution in [2.45, 2.75) is 71.1 Å². The Morgan fingerprint density at radius 1 is 1.04 bits per heavy atom. The minimum atomic E-state index is -0.842. The van der Waals surface area contributed by atoms with Crippen LogP contribution in [0.5, 0.6) is 5.75 Å². The van der Waals surface area contributed by atoms with E-state index >= 15 is 0 Å². The van der Waals surface area contributed by atoms with E-state index in [1.54, 1.807) is 18.2 Å². The van der Waals surface area contributed by atoms with Gasteiger partial charge in [0.05, 0.1) is 6.61 Å². The number of benzene rings is 1. The largest absolute Gasteiger partial charge is 0.490 e. The van der Waals surface area contributed by atoms with E-state index in [9.17, 15) is 8.78 Å². The number of hydrogen-bond acceptors (Lipinski definition) is 1. The molecule has 0 spiro atoms. The first kappa shape index (κ1) is 20.4. The Morgan fingerprint density at radius 3 is 2.44 bits per heavy atom. The topological polar surface area (TPSA) is 9.23 Å². The molecule has 3 rings (SSSR count). The Morgan fingerprint density at radius 2 is 1.74 bits per heavy atom. The summed E-state index contributed by atoms with van der Waals surface area (Å²) in [7, 11) is 0. The Bertz CT molecular complexity index is 627. The Kier molecular flexibility index (Phi) is 7.32. The fraction of sp³-hybridized carbons (Fsp3) is 0.667. The normalized spacial score (nSPS) is 27.8. The first-order valence-corrected chi connectivity index (χ1v) is 10.8. The highest BCUT2D eigenvalue weighted by atomic mass is 19.2. The lowest BCUT2D eigenvalue weighted by Gasteiger charge is -2.42. The molecule has 0 bridgehead atoms. The molecule has 0 heterocycles. The van der Waals surface area contributed by atoms with Crippen molar-refractivity contribution in [3.8, 4) is 5.75 Å². The number of aryl methyl sites for hydroxylation is 1. The van der Waals surface area contributed by atoms with E-state index in [1.165, 1.54) is 44.9 Å². The number of halogens is 2. The van der Waals surface area contributed by atoms with Gasteiger partial charge in [0.1, 0.15) is 0 Å². The van der Waals surface area contributed by atoms with Gasteiger partial charge < -0.3 is 4.74 Å². The van der Waals surface area contributed by atoms with Gasteiger partial charge in [-0.25, -0.2) is 4.39 Å². The summed E-state index contributed by atoms with van der Waals surface area (Å²) in [6.45, 7) is 6.42.